The zero-order chi connectivity index (χ0) is 26.1. The van der Waals surface area contributed by atoms with Gasteiger partial charge < -0.3 is 39.4 Å². The van der Waals surface area contributed by atoms with E-state index in [1.165, 1.54) is 51.9 Å². The molecular formula is C25H46O10. The minimum Gasteiger partial charge on any atom is -0.462 e. The van der Waals surface area contributed by atoms with Gasteiger partial charge in [-0.2, -0.15) is 0 Å². The van der Waals surface area contributed by atoms with E-state index in [0.29, 0.717) is 6.42 Å². The standard InChI is InChI=1S/C25H46O10/c1-3-4-5-6-7-8-9-10-11-12-13-14-21(28)34-19(16-32-18(2)27)17-33-25-24(31)23(30)22(29)20(15-26)35-25/h19-20,22-26,29-31H,3-17H2,1-2H3. The smallest absolute Gasteiger partial charge is 0.306 e. The highest BCUT2D eigenvalue weighted by atomic mass is 16.7. The highest BCUT2D eigenvalue weighted by Gasteiger charge is 2.44. The lowest BCUT2D eigenvalue weighted by Gasteiger charge is -2.39. The van der Waals surface area contributed by atoms with E-state index in [0.717, 1.165) is 19.3 Å². The van der Waals surface area contributed by atoms with E-state index < -0.39 is 55.4 Å². The van der Waals surface area contributed by atoms with Crippen LogP contribution in [0.25, 0.3) is 0 Å². The van der Waals surface area contributed by atoms with Crippen molar-refractivity contribution in [1.29, 1.82) is 0 Å². The summed E-state index contributed by atoms with van der Waals surface area (Å²) in [6.45, 7) is 2.34. The molecule has 0 aromatic rings. The van der Waals surface area contributed by atoms with Gasteiger partial charge in [0.25, 0.3) is 0 Å². The number of carbonyl (C=O) groups excluding carboxylic acids is 2. The molecule has 206 valence electrons. The van der Waals surface area contributed by atoms with Crippen LogP contribution in [0.5, 0.6) is 0 Å². The van der Waals surface area contributed by atoms with Crippen LogP contribution in [0.1, 0.15) is 90.9 Å². The number of rotatable bonds is 19. The Hall–Kier alpha value is -1.30. The minimum atomic E-state index is -1.58. The van der Waals surface area contributed by atoms with Crippen LogP contribution in [-0.2, 0) is 28.5 Å². The largest absolute Gasteiger partial charge is 0.462 e. The maximum atomic E-state index is 12.3. The second-order valence-electron chi connectivity index (χ2n) is 9.23. The Bertz CT molecular complexity index is 570. The first-order valence-corrected chi connectivity index (χ1v) is 13.0. The number of unbranched alkanes of at least 4 members (excludes halogenated alkanes) is 10. The first-order chi connectivity index (χ1) is 16.8. The molecule has 1 aliphatic rings. The number of ether oxygens (including phenoxy) is 4. The predicted octanol–water partition coefficient (Wildman–Crippen LogP) is 1.98. The highest BCUT2D eigenvalue weighted by Crippen LogP contribution is 2.22. The SMILES string of the molecule is CCCCCCCCCCCCCC(=O)OC(COC(C)=O)COC1OC(CO)C(O)C(O)C1O. The van der Waals surface area contributed by atoms with Gasteiger partial charge in [-0.25, -0.2) is 0 Å². The summed E-state index contributed by atoms with van der Waals surface area (Å²) in [4.78, 5) is 23.4. The zero-order valence-electron chi connectivity index (χ0n) is 21.3. The van der Waals surface area contributed by atoms with Crippen molar-refractivity contribution in [2.75, 3.05) is 19.8 Å². The van der Waals surface area contributed by atoms with E-state index in [9.17, 15) is 30.0 Å². The first-order valence-electron chi connectivity index (χ1n) is 13.0. The van der Waals surface area contributed by atoms with Gasteiger partial charge in [-0.3, -0.25) is 9.59 Å². The van der Waals surface area contributed by atoms with Crippen molar-refractivity contribution < 1.29 is 49.0 Å². The quantitative estimate of drug-likeness (QED) is 0.151. The molecule has 0 spiro atoms. The Labute approximate surface area is 208 Å². The Balaban J connectivity index is 2.32. The van der Waals surface area contributed by atoms with Gasteiger partial charge in [-0.1, -0.05) is 71.1 Å². The van der Waals surface area contributed by atoms with E-state index in [1.807, 2.05) is 0 Å². The summed E-state index contributed by atoms with van der Waals surface area (Å²) in [5.41, 5.74) is 0. The number of hydrogen-bond donors (Lipinski definition) is 4. The summed E-state index contributed by atoms with van der Waals surface area (Å²) < 4.78 is 21.0. The van der Waals surface area contributed by atoms with Crippen molar-refractivity contribution >= 4 is 11.9 Å². The summed E-state index contributed by atoms with van der Waals surface area (Å²) in [6.07, 6.45) is 4.99. The molecule has 1 heterocycles. The molecule has 0 amide bonds. The number of esters is 2. The Morgan fingerprint density at radius 2 is 1.40 bits per heavy atom. The lowest BCUT2D eigenvalue weighted by Crippen LogP contribution is -2.59. The Morgan fingerprint density at radius 1 is 0.829 bits per heavy atom. The molecule has 35 heavy (non-hydrogen) atoms. The molecule has 10 nitrogen and oxygen atoms in total. The molecule has 1 saturated heterocycles. The summed E-state index contributed by atoms with van der Waals surface area (Å²) in [6, 6.07) is 0. The van der Waals surface area contributed by atoms with Gasteiger partial charge in [0.15, 0.2) is 12.4 Å². The van der Waals surface area contributed by atoms with Crippen molar-refractivity contribution in [3.8, 4) is 0 Å². The fraction of sp³-hybridized carbons (Fsp3) is 0.920. The van der Waals surface area contributed by atoms with Crippen LogP contribution >= 0.6 is 0 Å². The molecule has 0 aromatic carbocycles. The van der Waals surface area contributed by atoms with Gasteiger partial charge in [0.2, 0.25) is 0 Å². The Morgan fingerprint density at radius 3 is 1.94 bits per heavy atom. The number of aliphatic hydroxyl groups excluding tert-OH is 4. The van der Waals surface area contributed by atoms with Crippen molar-refractivity contribution in [3.63, 3.8) is 0 Å². The van der Waals surface area contributed by atoms with E-state index >= 15 is 0 Å². The van der Waals surface area contributed by atoms with Crippen molar-refractivity contribution in [2.45, 2.75) is 128 Å². The zero-order valence-corrected chi connectivity index (χ0v) is 21.3. The van der Waals surface area contributed by atoms with Crippen LogP contribution in [-0.4, -0.2) is 89.0 Å². The summed E-state index contributed by atoms with van der Waals surface area (Å²) in [5, 5.41) is 39.0. The molecule has 1 fully saturated rings. The molecule has 0 radical (unpaired) electrons. The maximum absolute atomic E-state index is 12.3. The van der Waals surface area contributed by atoms with Crippen LogP contribution in [0.3, 0.4) is 0 Å². The molecule has 0 saturated carbocycles. The molecule has 1 aliphatic heterocycles. The first kappa shape index (κ1) is 31.7. The number of carbonyl (C=O) groups is 2. The predicted molar refractivity (Wildman–Crippen MR) is 127 cm³/mol. The van der Waals surface area contributed by atoms with E-state index in [4.69, 9.17) is 18.9 Å². The van der Waals surface area contributed by atoms with Gasteiger partial charge in [0.1, 0.15) is 31.0 Å². The lowest BCUT2D eigenvalue weighted by atomic mass is 9.99. The van der Waals surface area contributed by atoms with E-state index in [-0.39, 0.29) is 19.6 Å². The monoisotopic (exact) mass is 506 g/mol. The van der Waals surface area contributed by atoms with Crippen molar-refractivity contribution in [1.82, 2.24) is 0 Å². The molecule has 6 atom stereocenters. The highest BCUT2D eigenvalue weighted by molar-refractivity contribution is 5.69. The third-order valence-corrected chi connectivity index (χ3v) is 6.05. The molecular weight excluding hydrogens is 460 g/mol. The van der Waals surface area contributed by atoms with Crippen molar-refractivity contribution in [3.05, 3.63) is 0 Å². The van der Waals surface area contributed by atoms with Gasteiger partial charge in [-0.15, -0.1) is 0 Å². The van der Waals surface area contributed by atoms with E-state index in [1.54, 1.807) is 0 Å². The Kier molecular flexibility index (Phi) is 17.1. The molecule has 10 heteroatoms. The minimum absolute atomic E-state index is 0.230. The van der Waals surface area contributed by atoms with Gasteiger partial charge >= 0.3 is 11.9 Å². The third kappa shape index (κ3) is 13.5. The summed E-state index contributed by atoms with van der Waals surface area (Å²) >= 11 is 0. The molecule has 0 aromatic heterocycles. The summed E-state index contributed by atoms with van der Waals surface area (Å²) in [5.74, 6) is -1.00. The molecule has 6 unspecified atom stereocenters. The average Bonchev–Trinajstić information content (AvgIpc) is 2.83. The third-order valence-electron chi connectivity index (χ3n) is 6.05. The fourth-order valence-corrected chi connectivity index (χ4v) is 3.91. The molecule has 1 rings (SSSR count). The van der Waals surface area contributed by atoms with Gasteiger partial charge in [0, 0.05) is 13.3 Å². The topological polar surface area (TPSA) is 152 Å². The van der Waals surface area contributed by atoms with Crippen LogP contribution in [0.15, 0.2) is 0 Å². The van der Waals surface area contributed by atoms with E-state index in [2.05, 4.69) is 6.92 Å². The second kappa shape index (κ2) is 18.9. The van der Waals surface area contributed by atoms with Crippen LogP contribution in [0.4, 0.5) is 0 Å². The van der Waals surface area contributed by atoms with Gasteiger partial charge in [-0.05, 0) is 6.42 Å². The lowest BCUT2D eigenvalue weighted by molar-refractivity contribution is -0.305. The summed E-state index contributed by atoms with van der Waals surface area (Å²) in [7, 11) is 0. The second-order valence-corrected chi connectivity index (χ2v) is 9.23. The number of aliphatic hydroxyl groups is 4. The van der Waals surface area contributed by atoms with Crippen molar-refractivity contribution in [2.24, 2.45) is 0 Å². The molecule has 0 bridgehead atoms. The molecule has 4 N–H and O–H groups in total. The normalized spacial score (nSPS) is 25.3. The molecule has 0 aliphatic carbocycles. The average molecular weight is 507 g/mol. The number of hydrogen-bond acceptors (Lipinski definition) is 10. The van der Waals surface area contributed by atoms with Crippen LogP contribution in [0, 0.1) is 0 Å². The fourth-order valence-electron chi connectivity index (χ4n) is 3.91. The van der Waals surface area contributed by atoms with Crippen LogP contribution in [0.2, 0.25) is 0 Å². The van der Waals surface area contributed by atoms with Gasteiger partial charge in [0.05, 0.1) is 13.2 Å². The van der Waals surface area contributed by atoms with Crippen LogP contribution < -0.4 is 0 Å². The maximum Gasteiger partial charge on any atom is 0.306 e.